The molecule has 14 heavy (non-hydrogen) atoms. The number of hydrogen-bond acceptors (Lipinski definition) is 4. The fraction of sp³-hybridized carbons (Fsp3) is 0.600. The van der Waals surface area contributed by atoms with E-state index in [9.17, 15) is 0 Å². The van der Waals surface area contributed by atoms with E-state index in [1.807, 2.05) is 0 Å². The van der Waals surface area contributed by atoms with E-state index in [-0.39, 0.29) is 0 Å². The Labute approximate surface area is 84.2 Å². The van der Waals surface area contributed by atoms with Crippen LogP contribution in [0.3, 0.4) is 0 Å². The van der Waals surface area contributed by atoms with Crippen LogP contribution in [0.1, 0.15) is 19.8 Å². The topological polar surface area (TPSA) is 55.0 Å². The van der Waals surface area contributed by atoms with Crippen LogP contribution in [0.15, 0.2) is 12.4 Å². The van der Waals surface area contributed by atoms with Gasteiger partial charge in [-0.2, -0.15) is 0 Å². The van der Waals surface area contributed by atoms with E-state index < -0.39 is 0 Å². The molecule has 2 heterocycles. The van der Waals surface area contributed by atoms with Crippen molar-refractivity contribution in [2.45, 2.75) is 19.8 Å². The summed E-state index contributed by atoms with van der Waals surface area (Å²) in [6, 6.07) is 0. The Morgan fingerprint density at radius 1 is 1.29 bits per heavy atom. The highest BCUT2D eigenvalue weighted by Gasteiger charge is 2.18. The minimum absolute atomic E-state index is 0.544. The summed E-state index contributed by atoms with van der Waals surface area (Å²) in [6.45, 7) is 4.38. The van der Waals surface area contributed by atoms with E-state index in [0.717, 1.165) is 24.8 Å². The first-order chi connectivity index (χ1) is 6.77. The van der Waals surface area contributed by atoms with Crippen molar-refractivity contribution in [3.8, 4) is 0 Å². The van der Waals surface area contributed by atoms with E-state index in [1.165, 1.54) is 12.8 Å². The Balaban J connectivity index is 2.12. The van der Waals surface area contributed by atoms with Crippen molar-refractivity contribution in [1.29, 1.82) is 0 Å². The fourth-order valence-corrected chi connectivity index (χ4v) is 1.81. The average Bonchev–Trinajstić information content (AvgIpc) is 2.20. The highest BCUT2D eigenvalue weighted by atomic mass is 15.2. The molecule has 1 aromatic heterocycles. The summed E-state index contributed by atoms with van der Waals surface area (Å²) in [5, 5.41) is 0. The summed E-state index contributed by atoms with van der Waals surface area (Å²) < 4.78 is 0. The largest absolute Gasteiger partial charge is 0.381 e. The van der Waals surface area contributed by atoms with Crippen LogP contribution in [-0.2, 0) is 0 Å². The zero-order valence-corrected chi connectivity index (χ0v) is 8.48. The van der Waals surface area contributed by atoms with Crippen LogP contribution < -0.4 is 10.6 Å². The van der Waals surface area contributed by atoms with Crippen molar-refractivity contribution < 1.29 is 0 Å². The Hall–Kier alpha value is -1.32. The molecule has 0 aromatic carbocycles. The van der Waals surface area contributed by atoms with Crippen LogP contribution in [-0.4, -0.2) is 23.1 Å². The molecular weight excluding hydrogens is 176 g/mol. The van der Waals surface area contributed by atoms with Crippen LogP contribution >= 0.6 is 0 Å². The molecule has 0 spiro atoms. The molecule has 0 bridgehead atoms. The minimum Gasteiger partial charge on any atom is -0.381 e. The van der Waals surface area contributed by atoms with Gasteiger partial charge in [-0.05, 0) is 18.8 Å². The Morgan fingerprint density at radius 3 is 2.57 bits per heavy atom. The van der Waals surface area contributed by atoms with Gasteiger partial charge in [0.2, 0.25) is 0 Å². The number of piperidine rings is 1. The van der Waals surface area contributed by atoms with Gasteiger partial charge in [0.15, 0.2) is 11.6 Å². The average molecular weight is 192 g/mol. The maximum atomic E-state index is 5.77. The Bertz CT molecular complexity index is 305. The molecule has 0 unspecified atom stereocenters. The molecule has 1 saturated heterocycles. The van der Waals surface area contributed by atoms with Crippen LogP contribution in [0.4, 0.5) is 11.6 Å². The summed E-state index contributed by atoms with van der Waals surface area (Å²) in [6.07, 6.45) is 5.77. The SMILES string of the molecule is CC1CCN(c2nccnc2N)CC1. The molecular formula is C10H16N4. The number of nitrogens with two attached hydrogens (primary N) is 1. The lowest BCUT2D eigenvalue weighted by molar-refractivity contribution is 0.436. The smallest absolute Gasteiger partial charge is 0.171 e. The predicted octanol–water partition coefficient (Wildman–Crippen LogP) is 1.30. The van der Waals surface area contributed by atoms with Crippen molar-refractivity contribution in [3.05, 3.63) is 12.4 Å². The fourth-order valence-electron chi connectivity index (χ4n) is 1.81. The van der Waals surface area contributed by atoms with Crippen molar-refractivity contribution in [1.82, 2.24) is 9.97 Å². The Morgan fingerprint density at radius 2 is 1.93 bits per heavy atom. The van der Waals surface area contributed by atoms with Gasteiger partial charge < -0.3 is 10.6 Å². The molecule has 1 aliphatic rings. The third kappa shape index (κ3) is 1.78. The van der Waals surface area contributed by atoms with E-state index >= 15 is 0 Å². The molecule has 1 aliphatic heterocycles. The molecule has 4 nitrogen and oxygen atoms in total. The first kappa shape index (κ1) is 9.24. The number of nitrogen functional groups attached to an aromatic ring is 1. The van der Waals surface area contributed by atoms with Crippen LogP contribution in [0, 0.1) is 5.92 Å². The van der Waals surface area contributed by atoms with Crippen molar-refractivity contribution >= 4 is 11.6 Å². The molecule has 0 radical (unpaired) electrons. The van der Waals surface area contributed by atoms with Crippen molar-refractivity contribution in [2.24, 2.45) is 5.92 Å². The van der Waals surface area contributed by atoms with Gasteiger partial charge in [-0.3, -0.25) is 0 Å². The molecule has 0 aliphatic carbocycles. The van der Waals surface area contributed by atoms with Gasteiger partial charge in [0, 0.05) is 25.5 Å². The molecule has 0 atom stereocenters. The second-order valence-electron chi connectivity index (χ2n) is 3.93. The zero-order valence-electron chi connectivity index (χ0n) is 8.48. The maximum absolute atomic E-state index is 5.77. The minimum atomic E-state index is 0.544. The molecule has 0 saturated carbocycles. The normalized spacial score (nSPS) is 18.5. The van der Waals surface area contributed by atoms with Gasteiger partial charge in [0.25, 0.3) is 0 Å². The second kappa shape index (κ2) is 3.82. The van der Waals surface area contributed by atoms with E-state index in [0.29, 0.717) is 5.82 Å². The van der Waals surface area contributed by atoms with Gasteiger partial charge in [-0.15, -0.1) is 0 Å². The first-order valence-corrected chi connectivity index (χ1v) is 5.09. The van der Waals surface area contributed by atoms with Crippen molar-refractivity contribution in [3.63, 3.8) is 0 Å². The molecule has 1 aromatic rings. The molecule has 4 heteroatoms. The van der Waals surface area contributed by atoms with Gasteiger partial charge in [-0.1, -0.05) is 6.92 Å². The monoisotopic (exact) mass is 192 g/mol. The lowest BCUT2D eigenvalue weighted by Gasteiger charge is -2.31. The molecule has 76 valence electrons. The van der Waals surface area contributed by atoms with E-state index in [2.05, 4.69) is 21.8 Å². The first-order valence-electron chi connectivity index (χ1n) is 5.09. The molecule has 2 N–H and O–H groups in total. The second-order valence-corrected chi connectivity index (χ2v) is 3.93. The molecule has 0 amide bonds. The quantitative estimate of drug-likeness (QED) is 0.728. The molecule has 1 fully saturated rings. The summed E-state index contributed by atoms with van der Waals surface area (Å²) in [5.41, 5.74) is 5.77. The third-order valence-corrected chi connectivity index (χ3v) is 2.79. The van der Waals surface area contributed by atoms with Crippen LogP contribution in [0.5, 0.6) is 0 Å². The number of rotatable bonds is 1. The van der Waals surface area contributed by atoms with Crippen LogP contribution in [0.2, 0.25) is 0 Å². The lowest BCUT2D eigenvalue weighted by Crippen LogP contribution is -2.34. The van der Waals surface area contributed by atoms with Gasteiger partial charge >= 0.3 is 0 Å². The number of hydrogen-bond donors (Lipinski definition) is 1. The van der Waals surface area contributed by atoms with Gasteiger partial charge in [-0.25, -0.2) is 9.97 Å². The Kier molecular flexibility index (Phi) is 2.52. The van der Waals surface area contributed by atoms with Gasteiger partial charge in [0.1, 0.15) is 0 Å². The summed E-state index contributed by atoms with van der Waals surface area (Å²) in [7, 11) is 0. The lowest BCUT2D eigenvalue weighted by atomic mass is 9.99. The predicted molar refractivity (Wildman–Crippen MR) is 57.1 cm³/mol. The summed E-state index contributed by atoms with van der Waals surface area (Å²) in [5.74, 6) is 2.21. The van der Waals surface area contributed by atoms with Crippen molar-refractivity contribution in [2.75, 3.05) is 23.7 Å². The number of anilines is 2. The highest BCUT2D eigenvalue weighted by molar-refractivity contribution is 5.57. The third-order valence-electron chi connectivity index (χ3n) is 2.79. The number of nitrogens with zero attached hydrogens (tertiary/aromatic N) is 3. The van der Waals surface area contributed by atoms with E-state index in [4.69, 9.17) is 5.73 Å². The summed E-state index contributed by atoms with van der Waals surface area (Å²) >= 11 is 0. The number of aromatic nitrogens is 2. The zero-order chi connectivity index (χ0) is 9.97. The van der Waals surface area contributed by atoms with Gasteiger partial charge in [0.05, 0.1) is 0 Å². The maximum Gasteiger partial charge on any atom is 0.171 e. The summed E-state index contributed by atoms with van der Waals surface area (Å²) in [4.78, 5) is 10.5. The standard InChI is InChI=1S/C10H16N4/c1-8-2-6-14(7-3-8)10-9(11)12-4-5-13-10/h4-5,8H,2-3,6-7H2,1H3,(H2,11,12). The van der Waals surface area contributed by atoms with Crippen LogP contribution in [0.25, 0.3) is 0 Å². The van der Waals surface area contributed by atoms with E-state index in [1.54, 1.807) is 12.4 Å². The highest BCUT2D eigenvalue weighted by Crippen LogP contribution is 2.23. The molecule has 2 rings (SSSR count).